The molecule has 118 valence electrons. The summed E-state index contributed by atoms with van der Waals surface area (Å²) < 4.78 is 0. The molecule has 1 N–H and O–H groups in total. The van der Waals surface area contributed by atoms with Gasteiger partial charge in [-0.25, -0.2) is 0 Å². The predicted molar refractivity (Wildman–Crippen MR) is 85.8 cm³/mol. The van der Waals surface area contributed by atoms with Gasteiger partial charge in [-0.15, -0.1) is 0 Å². The van der Waals surface area contributed by atoms with Crippen LogP contribution < -0.4 is 0 Å². The number of piperidine rings is 1. The van der Waals surface area contributed by atoms with Crippen LogP contribution >= 0.6 is 0 Å². The van der Waals surface area contributed by atoms with Crippen molar-refractivity contribution in [2.24, 2.45) is 17.3 Å². The quantitative estimate of drug-likeness (QED) is 0.839. The normalized spacial score (nSPS) is 34.4. The van der Waals surface area contributed by atoms with Gasteiger partial charge in [-0.1, -0.05) is 40.5 Å². The van der Waals surface area contributed by atoms with Crippen molar-refractivity contribution in [1.82, 2.24) is 4.90 Å². The van der Waals surface area contributed by atoms with E-state index in [2.05, 4.69) is 32.6 Å². The average molecular weight is 281 g/mol. The van der Waals surface area contributed by atoms with Gasteiger partial charge in [0.25, 0.3) is 0 Å². The van der Waals surface area contributed by atoms with Gasteiger partial charge in [-0.2, -0.15) is 0 Å². The molecule has 0 aromatic carbocycles. The van der Waals surface area contributed by atoms with Gasteiger partial charge in [0.2, 0.25) is 0 Å². The van der Waals surface area contributed by atoms with E-state index in [-0.39, 0.29) is 6.10 Å². The largest absolute Gasteiger partial charge is 0.393 e. The van der Waals surface area contributed by atoms with Crippen molar-refractivity contribution >= 4 is 0 Å². The topological polar surface area (TPSA) is 23.5 Å². The molecule has 0 aromatic heterocycles. The first kappa shape index (κ1) is 16.3. The van der Waals surface area contributed by atoms with E-state index >= 15 is 0 Å². The lowest BCUT2D eigenvalue weighted by atomic mass is 9.66. The summed E-state index contributed by atoms with van der Waals surface area (Å²) in [4.78, 5) is 2.72. The Morgan fingerprint density at radius 3 is 2.25 bits per heavy atom. The summed E-state index contributed by atoms with van der Waals surface area (Å²) in [5.74, 6) is 1.70. The molecule has 2 heteroatoms. The van der Waals surface area contributed by atoms with Crippen LogP contribution in [0.4, 0.5) is 0 Å². The van der Waals surface area contributed by atoms with Crippen molar-refractivity contribution in [3.8, 4) is 0 Å². The summed E-state index contributed by atoms with van der Waals surface area (Å²) in [6.45, 7) is 12.0. The monoisotopic (exact) mass is 281 g/mol. The van der Waals surface area contributed by atoms with Crippen molar-refractivity contribution in [2.75, 3.05) is 13.1 Å². The van der Waals surface area contributed by atoms with Crippen molar-refractivity contribution in [3.05, 3.63) is 0 Å². The van der Waals surface area contributed by atoms with Crippen LogP contribution in [0.1, 0.15) is 72.6 Å². The zero-order valence-electron chi connectivity index (χ0n) is 14.1. The maximum absolute atomic E-state index is 10.1. The van der Waals surface area contributed by atoms with Gasteiger partial charge in [-0.05, 0) is 62.4 Å². The molecule has 2 nitrogen and oxygen atoms in total. The fraction of sp³-hybridized carbons (Fsp3) is 1.00. The minimum atomic E-state index is -0.0622. The molecule has 0 spiro atoms. The lowest BCUT2D eigenvalue weighted by molar-refractivity contribution is -0.0292. The molecule has 2 fully saturated rings. The van der Waals surface area contributed by atoms with Crippen molar-refractivity contribution in [1.29, 1.82) is 0 Å². The van der Waals surface area contributed by atoms with Crippen LogP contribution in [0.5, 0.6) is 0 Å². The molecular formula is C18H35NO. The molecule has 0 radical (unpaired) electrons. The molecule has 1 aliphatic carbocycles. The lowest BCUT2D eigenvalue weighted by Crippen LogP contribution is -2.52. The van der Waals surface area contributed by atoms with Crippen LogP contribution in [-0.4, -0.2) is 35.2 Å². The Bertz CT molecular complexity index is 294. The molecule has 3 unspecified atom stereocenters. The van der Waals surface area contributed by atoms with E-state index in [9.17, 15) is 5.11 Å². The van der Waals surface area contributed by atoms with Crippen molar-refractivity contribution < 1.29 is 5.11 Å². The lowest BCUT2D eigenvalue weighted by Gasteiger charge is -2.49. The van der Waals surface area contributed by atoms with Crippen LogP contribution in [0.2, 0.25) is 0 Å². The van der Waals surface area contributed by atoms with Crippen LogP contribution in [0.15, 0.2) is 0 Å². The first-order valence-electron chi connectivity index (χ1n) is 8.90. The van der Waals surface area contributed by atoms with E-state index in [1.54, 1.807) is 0 Å². The first-order valence-corrected chi connectivity index (χ1v) is 8.90. The summed E-state index contributed by atoms with van der Waals surface area (Å²) >= 11 is 0. The molecule has 1 aliphatic heterocycles. The van der Waals surface area contributed by atoms with Gasteiger partial charge in [0.05, 0.1) is 6.10 Å². The number of rotatable bonds is 4. The van der Waals surface area contributed by atoms with Gasteiger partial charge in [0.15, 0.2) is 0 Å². The Kier molecular flexibility index (Phi) is 5.53. The number of likely N-dealkylation sites (tertiary alicyclic amines) is 1. The zero-order valence-corrected chi connectivity index (χ0v) is 14.1. The number of nitrogens with zero attached hydrogens (tertiary/aromatic N) is 1. The Labute approximate surface area is 125 Å². The second kappa shape index (κ2) is 6.79. The second-order valence-corrected chi connectivity index (χ2v) is 7.87. The fourth-order valence-corrected chi connectivity index (χ4v) is 4.40. The Morgan fingerprint density at radius 2 is 1.70 bits per heavy atom. The van der Waals surface area contributed by atoms with E-state index in [1.807, 2.05) is 0 Å². The van der Waals surface area contributed by atoms with Crippen LogP contribution in [0, 0.1) is 17.3 Å². The Morgan fingerprint density at radius 1 is 1.05 bits per heavy atom. The minimum Gasteiger partial charge on any atom is -0.393 e. The molecule has 0 aromatic rings. The van der Waals surface area contributed by atoms with E-state index < -0.39 is 0 Å². The molecule has 20 heavy (non-hydrogen) atoms. The van der Waals surface area contributed by atoms with E-state index in [0.717, 1.165) is 24.7 Å². The Hall–Kier alpha value is -0.0800. The minimum absolute atomic E-state index is 0.0622. The first-order chi connectivity index (χ1) is 9.47. The molecule has 1 saturated heterocycles. The molecule has 1 saturated carbocycles. The number of aliphatic hydroxyl groups is 1. The number of aliphatic hydroxyl groups excluding tert-OH is 1. The second-order valence-electron chi connectivity index (χ2n) is 7.87. The third kappa shape index (κ3) is 3.57. The van der Waals surface area contributed by atoms with Gasteiger partial charge in [0, 0.05) is 6.04 Å². The summed E-state index contributed by atoms with van der Waals surface area (Å²) in [5.41, 5.74) is 0.409. The van der Waals surface area contributed by atoms with E-state index in [4.69, 9.17) is 0 Å². The summed E-state index contributed by atoms with van der Waals surface area (Å²) in [6, 6.07) is 0.617. The summed E-state index contributed by atoms with van der Waals surface area (Å²) in [6.07, 6.45) is 8.47. The zero-order chi connectivity index (χ0) is 14.8. The van der Waals surface area contributed by atoms with Crippen LogP contribution in [-0.2, 0) is 0 Å². The highest BCUT2D eigenvalue weighted by atomic mass is 16.3. The third-order valence-electron chi connectivity index (χ3n) is 6.40. The highest BCUT2D eigenvalue weighted by molar-refractivity contribution is 4.94. The third-order valence-corrected chi connectivity index (χ3v) is 6.40. The maximum Gasteiger partial charge on any atom is 0.0555 e. The van der Waals surface area contributed by atoms with E-state index in [0.29, 0.717) is 11.5 Å². The van der Waals surface area contributed by atoms with Crippen LogP contribution in [0.3, 0.4) is 0 Å². The van der Waals surface area contributed by atoms with Gasteiger partial charge < -0.3 is 5.11 Å². The van der Waals surface area contributed by atoms with Gasteiger partial charge in [0.1, 0.15) is 0 Å². The average Bonchev–Trinajstić information content (AvgIpc) is 2.47. The van der Waals surface area contributed by atoms with Crippen molar-refractivity contribution in [3.63, 3.8) is 0 Å². The molecule has 3 atom stereocenters. The maximum atomic E-state index is 10.1. The molecule has 1 heterocycles. The predicted octanol–water partition coefficient (Wildman–Crippen LogP) is 4.07. The highest BCUT2D eigenvalue weighted by Crippen LogP contribution is 2.43. The Balaban J connectivity index is 2.05. The SMILES string of the molecule is CCC1CCN(C2CC(O)CCC2C(C)(C)CC)CC1. The van der Waals surface area contributed by atoms with Crippen LogP contribution in [0.25, 0.3) is 0 Å². The molecular weight excluding hydrogens is 246 g/mol. The smallest absolute Gasteiger partial charge is 0.0555 e. The standard InChI is InChI=1S/C18H35NO/c1-5-14-9-11-19(12-10-14)17-13-15(20)7-8-16(17)18(3,4)6-2/h14-17,20H,5-13H2,1-4H3. The van der Waals surface area contributed by atoms with Gasteiger partial charge >= 0.3 is 0 Å². The molecule has 0 bridgehead atoms. The molecule has 0 amide bonds. The van der Waals surface area contributed by atoms with Crippen molar-refractivity contribution in [2.45, 2.75) is 84.8 Å². The highest BCUT2D eigenvalue weighted by Gasteiger charge is 2.41. The number of hydrogen-bond donors (Lipinski definition) is 1. The van der Waals surface area contributed by atoms with E-state index in [1.165, 1.54) is 45.2 Å². The van der Waals surface area contributed by atoms with Gasteiger partial charge in [-0.3, -0.25) is 4.90 Å². The summed E-state index contributed by atoms with van der Waals surface area (Å²) in [7, 11) is 0. The molecule has 2 aliphatic rings. The number of hydrogen-bond acceptors (Lipinski definition) is 2. The fourth-order valence-electron chi connectivity index (χ4n) is 4.40. The molecule has 2 rings (SSSR count). The summed E-state index contributed by atoms with van der Waals surface area (Å²) in [5, 5.41) is 10.1.